The molecule has 0 fully saturated rings. The van der Waals surface area contributed by atoms with Gasteiger partial charge >= 0.3 is 0 Å². The summed E-state index contributed by atoms with van der Waals surface area (Å²) in [5.41, 5.74) is 0. The first-order chi connectivity index (χ1) is 6.72. The first kappa shape index (κ1) is 12.1. The van der Waals surface area contributed by atoms with E-state index in [1.165, 1.54) is 15.5 Å². The molecule has 1 nitrogen and oxygen atoms in total. The molecule has 0 aliphatic carbocycles. The molecule has 1 heterocycles. The Bertz CT molecular complexity index is 258. The SMILES string of the molecule is CSCCNC(C)Cc1ccc(C)s1. The molecule has 0 amide bonds. The predicted octanol–water partition coefficient (Wildman–Crippen LogP) is 2.94. The lowest BCUT2D eigenvalue weighted by molar-refractivity contribution is 0.571. The summed E-state index contributed by atoms with van der Waals surface area (Å²) in [4.78, 5) is 2.91. The van der Waals surface area contributed by atoms with Crippen LogP contribution in [0.15, 0.2) is 12.1 Å². The maximum absolute atomic E-state index is 3.53. The van der Waals surface area contributed by atoms with Gasteiger partial charge in [-0.25, -0.2) is 0 Å². The molecule has 1 atom stereocenters. The fraction of sp³-hybridized carbons (Fsp3) is 0.636. The lowest BCUT2D eigenvalue weighted by Gasteiger charge is -2.11. The number of aryl methyl sites for hydroxylation is 1. The second-order valence-corrected chi connectivity index (χ2v) is 5.92. The fourth-order valence-electron chi connectivity index (χ4n) is 1.38. The molecule has 0 bridgehead atoms. The summed E-state index contributed by atoms with van der Waals surface area (Å²) in [6.45, 7) is 5.54. The Morgan fingerprint density at radius 1 is 1.50 bits per heavy atom. The van der Waals surface area contributed by atoms with Crippen LogP contribution < -0.4 is 5.32 Å². The van der Waals surface area contributed by atoms with Crippen LogP contribution >= 0.6 is 23.1 Å². The molecule has 0 spiro atoms. The Kier molecular flexibility index (Phi) is 5.60. The van der Waals surface area contributed by atoms with Crippen molar-refractivity contribution < 1.29 is 0 Å². The first-order valence-electron chi connectivity index (χ1n) is 5.00. The van der Waals surface area contributed by atoms with Crippen molar-refractivity contribution in [3.05, 3.63) is 21.9 Å². The monoisotopic (exact) mass is 229 g/mol. The number of thioether (sulfide) groups is 1. The lowest BCUT2D eigenvalue weighted by Crippen LogP contribution is -2.29. The van der Waals surface area contributed by atoms with Crippen molar-refractivity contribution in [1.82, 2.24) is 5.32 Å². The van der Waals surface area contributed by atoms with Crippen LogP contribution in [0.25, 0.3) is 0 Å². The van der Waals surface area contributed by atoms with E-state index in [0.717, 1.165) is 13.0 Å². The molecule has 1 N–H and O–H groups in total. The van der Waals surface area contributed by atoms with E-state index in [9.17, 15) is 0 Å². The van der Waals surface area contributed by atoms with Crippen molar-refractivity contribution in [2.75, 3.05) is 18.6 Å². The summed E-state index contributed by atoms with van der Waals surface area (Å²) in [6, 6.07) is 5.04. The molecule has 1 unspecified atom stereocenters. The van der Waals surface area contributed by atoms with Crippen molar-refractivity contribution in [2.45, 2.75) is 26.3 Å². The molecule has 1 aromatic heterocycles. The third-order valence-corrected chi connectivity index (χ3v) is 3.74. The molecule has 1 aromatic rings. The van der Waals surface area contributed by atoms with E-state index in [4.69, 9.17) is 0 Å². The van der Waals surface area contributed by atoms with Gasteiger partial charge in [0.2, 0.25) is 0 Å². The zero-order chi connectivity index (χ0) is 10.4. The van der Waals surface area contributed by atoms with Gasteiger partial charge in [0.05, 0.1) is 0 Å². The maximum atomic E-state index is 3.53. The molecule has 0 radical (unpaired) electrons. The first-order valence-corrected chi connectivity index (χ1v) is 7.21. The van der Waals surface area contributed by atoms with Crippen LogP contribution in [0.3, 0.4) is 0 Å². The zero-order valence-electron chi connectivity index (χ0n) is 9.17. The predicted molar refractivity (Wildman–Crippen MR) is 68.6 cm³/mol. The summed E-state index contributed by atoms with van der Waals surface area (Å²) in [7, 11) is 0. The van der Waals surface area contributed by atoms with Crippen molar-refractivity contribution in [3.8, 4) is 0 Å². The Balaban J connectivity index is 2.23. The third kappa shape index (κ3) is 4.49. The van der Waals surface area contributed by atoms with Gasteiger partial charge in [-0.15, -0.1) is 11.3 Å². The van der Waals surface area contributed by atoms with E-state index in [-0.39, 0.29) is 0 Å². The van der Waals surface area contributed by atoms with E-state index in [1.54, 1.807) is 0 Å². The molecular formula is C11H19NS2. The highest BCUT2D eigenvalue weighted by Crippen LogP contribution is 2.16. The quantitative estimate of drug-likeness (QED) is 0.753. The summed E-state index contributed by atoms with van der Waals surface area (Å²) in [5, 5.41) is 3.53. The topological polar surface area (TPSA) is 12.0 Å². The summed E-state index contributed by atoms with van der Waals surface area (Å²) in [6.07, 6.45) is 3.31. The van der Waals surface area contributed by atoms with Gasteiger partial charge in [0.25, 0.3) is 0 Å². The summed E-state index contributed by atoms with van der Waals surface area (Å²) >= 11 is 3.80. The maximum Gasteiger partial charge on any atom is 0.00873 e. The number of thiophene rings is 1. The highest BCUT2D eigenvalue weighted by Gasteiger charge is 2.03. The Morgan fingerprint density at radius 3 is 2.86 bits per heavy atom. The second-order valence-electron chi connectivity index (χ2n) is 3.56. The van der Waals surface area contributed by atoms with Gasteiger partial charge in [0.15, 0.2) is 0 Å². The van der Waals surface area contributed by atoms with E-state index >= 15 is 0 Å². The van der Waals surface area contributed by atoms with Crippen LogP contribution in [0.2, 0.25) is 0 Å². The Labute approximate surface area is 95.3 Å². The molecule has 1 rings (SSSR count). The molecule has 0 aromatic carbocycles. The van der Waals surface area contributed by atoms with Crippen LogP contribution in [-0.4, -0.2) is 24.6 Å². The zero-order valence-corrected chi connectivity index (χ0v) is 10.8. The molecular weight excluding hydrogens is 210 g/mol. The van der Waals surface area contributed by atoms with E-state index in [1.807, 2.05) is 23.1 Å². The Morgan fingerprint density at radius 2 is 2.29 bits per heavy atom. The minimum Gasteiger partial charge on any atom is -0.313 e. The molecule has 0 saturated heterocycles. The van der Waals surface area contributed by atoms with E-state index in [2.05, 4.69) is 37.6 Å². The van der Waals surface area contributed by atoms with Crippen LogP contribution in [-0.2, 0) is 6.42 Å². The number of hydrogen-bond donors (Lipinski definition) is 1. The summed E-state index contributed by atoms with van der Waals surface area (Å²) < 4.78 is 0. The number of hydrogen-bond acceptors (Lipinski definition) is 3. The third-order valence-electron chi connectivity index (χ3n) is 2.10. The second kappa shape index (κ2) is 6.49. The molecule has 0 aliphatic heterocycles. The number of nitrogens with one attached hydrogen (secondary N) is 1. The largest absolute Gasteiger partial charge is 0.313 e. The smallest absolute Gasteiger partial charge is 0.00873 e. The van der Waals surface area contributed by atoms with Crippen molar-refractivity contribution in [2.24, 2.45) is 0 Å². The minimum absolute atomic E-state index is 0.597. The van der Waals surface area contributed by atoms with Gasteiger partial charge in [-0.3, -0.25) is 0 Å². The number of rotatable bonds is 6. The summed E-state index contributed by atoms with van der Waals surface area (Å²) in [5.74, 6) is 1.20. The van der Waals surface area contributed by atoms with Crippen molar-refractivity contribution in [1.29, 1.82) is 0 Å². The van der Waals surface area contributed by atoms with Crippen LogP contribution in [0.4, 0.5) is 0 Å². The van der Waals surface area contributed by atoms with Crippen LogP contribution in [0.1, 0.15) is 16.7 Å². The molecule has 14 heavy (non-hydrogen) atoms. The molecule has 0 aliphatic rings. The average Bonchev–Trinajstić information content (AvgIpc) is 2.52. The van der Waals surface area contributed by atoms with Gasteiger partial charge in [0, 0.05) is 28.1 Å². The van der Waals surface area contributed by atoms with E-state index < -0.39 is 0 Å². The van der Waals surface area contributed by atoms with Gasteiger partial charge in [-0.1, -0.05) is 0 Å². The van der Waals surface area contributed by atoms with E-state index in [0.29, 0.717) is 6.04 Å². The molecule has 3 heteroatoms. The highest BCUT2D eigenvalue weighted by atomic mass is 32.2. The normalized spacial score (nSPS) is 13.1. The van der Waals surface area contributed by atoms with Gasteiger partial charge in [-0.05, 0) is 38.7 Å². The van der Waals surface area contributed by atoms with Gasteiger partial charge in [-0.2, -0.15) is 11.8 Å². The lowest BCUT2D eigenvalue weighted by atomic mass is 10.2. The average molecular weight is 229 g/mol. The van der Waals surface area contributed by atoms with Gasteiger partial charge in [0.1, 0.15) is 0 Å². The van der Waals surface area contributed by atoms with Crippen molar-refractivity contribution in [3.63, 3.8) is 0 Å². The van der Waals surface area contributed by atoms with Crippen LogP contribution in [0.5, 0.6) is 0 Å². The standard InChI is InChI=1S/C11H19NS2/c1-9(12-6-7-13-3)8-11-5-4-10(2)14-11/h4-5,9,12H,6-8H2,1-3H3. The molecule has 80 valence electrons. The minimum atomic E-state index is 0.597. The van der Waals surface area contributed by atoms with Crippen molar-refractivity contribution >= 4 is 23.1 Å². The molecule has 0 saturated carbocycles. The highest BCUT2D eigenvalue weighted by molar-refractivity contribution is 7.98. The fourth-order valence-corrected chi connectivity index (χ4v) is 2.72. The Hall–Kier alpha value is 0.01000. The van der Waals surface area contributed by atoms with Crippen LogP contribution in [0, 0.1) is 6.92 Å². The van der Waals surface area contributed by atoms with Gasteiger partial charge < -0.3 is 5.32 Å².